The molecule has 0 radical (unpaired) electrons. The van der Waals surface area contributed by atoms with E-state index in [-0.39, 0.29) is 11.5 Å². The van der Waals surface area contributed by atoms with Gasteiger partial charge < -0.3 is 4.84 Å². The molecule has 0 N–H and O–H groups in total. The molecule has 0 saturated carbocycles. The zero-order valence-electron chi connectivity index (χ0n) is 13.2. The first kappa shape index (κ1) is 15.0. The van der Waals surface area contributed by atoms with Gasteiger partial charge in [-0.3, -0.25) is 4.79 Å². The van der Waals surface area contributed by atoms with Crippen LogP contribution in [0.5, 0.6) is 0 Å². The Morgan fingerprint density at radius 1 is 0.680 bits per heavy atom. The highest BCUT2D eigenvalue weighted by molar-refractivity contribution is 6.54. The van der Waals surface area contributed by atoms with E-state index in [1.807, 2.05) is 30.3 Å². The minimum absolute atomic E-state index is 0.138. The van der Waals surface area contributed by atoms with Crippen molar-refractivity contribution in [1.82, 2.24) is 0 Å². The van der Waals surface area contributed by atoms with Crippen LogP contribution in [-0.4, -0.2) is 17.5 Å². The summed E-state index contributed by atoms with van der Waals surface area (Å²) in [5.41, 5.74) is 3.48. The monoisotopic (exact) mass is 327 g/mol. The summed E-state index contributed by atoms with van der Waals surface area (Å²) < 4.78 is 0. The minimum atomic E-state index is -0.600. The molecule has 0 bridgehead atoms. The van der Waals surface area contributed by atoms with Crippen LogP contribution in [0.15, 0.2) is 84.0 Å². The van der Waals surface area contributed by atoms with Crippen LogP contribution in [-0.2, 0) is 4.84 Å². The van der Waals surface area contributed by atoms with Crippen molar-refractivity contribution < 1.29 is 14.4 Å². The highest BCUT2D eigenvalue weighted by Gasteiger charge is 2.29. The van der Waals surface area contributed by atoms with Crippen LogP contribution in [0.3, 0.4) is 0 Å². The van der Waals surface area contributed by atoms with Gasteiger partial charge in [-0.25, -0.2) is 4.79 Å². The Balaban J connectivity index is 1.75. The van der Waals surface area contributed by atoms with Crippen LogP contribution in [0.25, 0.3) is 11.1 Å². The highest BCUT2D eigenvalue weighted by atomic mass is 16.7. The van der Waals surface area contributed by atoms with Crippen LogP contribution >= 0.6 is 0 Å². The second-order valence-electron chi connectivity index (χ2n) is 5.60. The summed E-state index contributed by atoms with van der Waals surface area (Å²) in [5, 5.41) is 3.90. The molecule has 3 aromatic rings. The molecular weight excluding hydrogens is 314 g/mol. The van der Waals surface area contributed by atoms with Crippen molar-refractivity contribution in [3.8, 4) is 11.1 Å². The smallest absolute Gasteiger partial charge is 0.312 e. The number of carbonyl (C=O) groups excluding carboxylic acids is 2. The van der Waals surface area contributed by atoms with E-state index in [0.717, 1.165) is 11.1 Å². The quantitative estimate of drug-likeness (QED) is 0.526. The van der Waals surface area contributed by atoms with Crippen molar-refractivity contribution in [2.75, 3.05) is 0 Å². The van der Waals surface area contributed by atoms with Crippen LogP contribution in [0.4, 0.5) is 0 Å². The Morgan fingerprint density at radius 2 is 1.20 bits per heavy atom. The van der Waals surface area contributed by atoms with Crippen LogP contribution in [0, 0.1) is 0 Å². The SMILES string of the molecule is O=C(O/N=C1\C(=O)c2ccccc2-c2ccccc21)c1ccccc1. The molecule has 0 heterocycles. The van der Waals surface area contributed by atoms with Gasteiger partial charge in [-0.15, -0.1) is 0 Å². The summed E-state index contributed by atoms with van der Waals surface area (Å²) >= 11 is 0. The lowest BCUT2D eigenvalue weighted by Gasteiger charge is -2.19. The average Bonchev–Trinajstić information content (AvgIpc) is 2.68. The van der Waals surface area contributed by atoms with Crippen molar-refractivity contribution in [2.45, 2.75) is 0 Å². The van der Waals surface area contributed by atoms with E-state index < -0.39 is 5.97 Å². The lowest BCUT2D eigenvalue weighted by atomic mass is 9.83. The largest absolute Gasteiger partial charge is 0.365 e. The molecule has 4 rings (SSSR count). The summed E-state index contributed by atoms with van der Waals surface area (Å²) in [4.78, 5) is 30.0. The number of ketones is 1. The third-order valence-electron chi connectivity index (χ3n) is 4.09. The summed E-state index contributed by atoms with van der Waals surface area (Å²) in [6.07, 6.45) is 0. The van der Waals surface area contributed by atoms with E-state index in [0.29, 0.717) is 16.7 Å². The first-order valence-corrected chi connectivity index (χ1v) is 7.83. The van der Waals surface area contributed by atoms with E-state index in [2.05, 4.69) is 5.16 Å². The first-order valence-electron chi connectivity index (χ1n) is 7.83. The van der Waals surface area contributed by atoms with Crippen molar-refractivity contribution in [1.29, 1.82) is 0 Å². The lowest BCUT2D eigenvalue weighted by Crippen LogP contribution is -2.23. The Kier molecular flexibility index (Phi) is 3.71. The van der Waals surface area contributed by atoms with Crippen LogP contribution in [0.2, 0.25) is 0 Å². The molecule has 0 unspecified atom stereocenters. The predicted octanol–water partition coefficient (Wildman–Crippen LogP) is 4.11. The number of nitrogens with zero attached hydrogens (tertiary/aromatic N) is 1. The van der Waals surface area contributed by atoms with E-state index in [1.54, 1.807) is 48.5 Å². The van der Waals surface area contributed by atoms with Gasteiger partial charge in [-0.1, -0.05) is 71.9 Å². The third-order valence-corrected chi connectivity index (χ3v) is 4.09. The van der Waals surface area contributed by atoms with Gasteiger partial charge in [-0.2, -0.15) is 0 Å². The Labute approximate surface area is 144 Å². The lowest BCUT2D eigenvalue weighted by molar-refractivity contribution is 0.0516. The van der Waals surface area contributed by atoms with Gasteiger partial charge in [0.15, 0.2) is 5.71 Å². The fourth-order valence-electron chi connectivity index (χ4n) is 2.90. The number of carbonyl (C=O) groups is 2. The van der Waals surface area contributed by atoms with Gasteiger partial charge in [0, 0.05) is 11.1 Å². The van der Waals surface area contributed by atoms with Gasteiger partial charge in [0.2, 0.25) is 5.78 Å². The maximum absolute atomic E-state index is 12.8. The number of Topliss-reactive ketones (excluding diaryl/α,β-unsaturated/α-hetero) is 1. The zero-order chi connectivity index (χ0) is 17.2. The van der Waals surface area contributed by atoms with Crippen LogP contribution in [0.1, 0.15) is 26.3 Å². The number of benzene rings is 3. The van der Waals surface area contributed by atoms with Crippen LogP contribution < -0.4 is 0 Å². The summed E-state index contributed by atoms with van der Waals surface area (Å²) in [6.45, 7) is 0. The van der Waals surface area contributed by atoms with Gasteiger partial charge in [0.05, 0.1) is 5.56 Å². The van der Waals surface area contributed by atoms with Crippen molar-refractivity contribution in [2.24, 2.45) is 5.16 Å². The van der Waals surface area contributed by atoms with Gasteiger partial charge >= 0.3 is 5.97 Å². The second-order valence-corrected chi connectivity index (χ2v) is 5.60. The van der Waals surface area contributed by atoms with E-state index >= 15 is 0 Å². The molecule has 0 aromatic heterocycles. The maximum Gasteiger partial charge on any atom is 0.365 e. The minimum Gasteiger partial charge on any atom is -0.312 e. The molecule has 0 aliphatic heterocycles. The molecule has 4 heteroatoms. The Bertz CT molecular complexity index is 1010. The number of hydrogen-bond donors (Lipinski definition) is 0. The van der Waals surface area contributed by atoms with Crippen molar-refractivity contribution in [3.63, 3.8) is 0 Å². The van der Waals surface area contributed by atoms with Crippen molar-refractivity contribution >= 4 is 17.5 Å². The van der Waals surface area contributed by atoms with E-state index in [9.17, 15) is 9.59 Å². The van der Waals surface area contributed by atoms with E-state index in [1.165, 1.54) is 0 Å². The van der Waals surface area contributed by atoms with Gasteiger partial charge in [-0.05, 0) is 23.3 Å². The maximum atomic E-state index is 12.8. The molecule has 0 fully saturated rings. The molecule has 0 saturated heterocycles. The summed E-state index contributed by atoms with van der Waals surface area (Å²) in [7, 11) is 0. The highest BCUT2D eigenvalue weighted by Crippen LogP contribution is 2.33. The zero-order valence-corrected chi connectivity index (χ0v) is 13.2. The standard InChI is InChI=1S/C21H13NO3/c23-20-18-13-7-5-11-16(18)15-10-4-6-12-17(15)19(20)22-25-21(24)14-8-2-1-3-9-14/h1-13H/b22-19-. The Morgan fingerprint density at radius 3 is 1.88 bits per heavy atom. The first-order chi connectivity index (χ1) is 12.3. The van der Waals surface area contributed by atoms with Crippen molar-refractivity contribution in [3.05, 3.63) is 95.6 Å². The summed E-state index contributed by atoms with van der Waals surface area (Å²) in [5.74, 6) is -0.854. The van der Waals surface area contributed by atoms with Gasteiger partial charge in [0.1, 0.15) is 0 Å². The molecule has 120 valence electrons. The number of oxime groups is 1. The van der Waals surface area contributed by atoms with E-state index in [4.69, 9.17) is 4.84 Å². The number of hydrogen-bond acceptors (Lipinski definition) is 4. The predicted molar refractivity (Wildman–Crippen MR) is 94.6 cm³/mol. The molecule has 25 heavy (non-hydrogen) atoms. The molecule has 0 amide bonds. The summed E-state index contributed by atoms with van der Waals surface area (Å²) in [6, 6.07) is 23.4. The fourth-order valence-corrected chi connectivity index (χ4v) is 2.90. The fraction of sp³-hybridized carbons (Fsp3) is 0. The molecule has 1 aliphatic carbocycles. The molecule has 3 aromatic carbocycles. The third kappa shape index (κ3) is 2.64. The number of fused-ring (bicyclic) bond motifs is 3. The molecule has 4 nitrogen and oxygen atoms in total. The molecule has 0 atom stereocenters. The number of rotatable bonds is 2. The molecule has 0 spiro atoms. The average molecular weight is 327 g/mol. The topological polar surface area (TPSA) is 55.7 Å². The second kappa shape index (κ2) is 6.17. The normalized spacial score (nSPS) is 13.9. The molecular formula is C21H13NO3. The molecule has 1 aliphatic rings. The van der Waals surface area contributed by atoms with Gasteiger partial charge in [0.25, 0.3) is 0 Å². The Hall–Kier alpha value is -3.53.